The fourth-order valence-corrected chi connectivity index (χ4v) is 1.29. The average molecular weight is 171 g/mol. The molecule has 1 heterocycles. The van der Waals surface area contributed by atoms with E-state index in [1.165, 1.54) is 0 Å². The molecule has 1 rings (SSSR count). The van der Waals surface area contributed by atoms with Gasteiger partial charge in [-0.3, -0.25) is 4.79 Å². The van der Waals surface area contributed by atoms with Crippen molar-refractivity contribution in [2.24, 2.45) is 5.73 Å². The quantitative estimate of drug-likeness (QED) is 0.569. The molecule has 1 saturated heterocycles. The van der Waals surface area contributed by atoms with Crippen molar-refractivity contribution in [1.82, 2.24) is 10.2 Å². The van der Waals surface area contributed by atoms with Gasteiger partial charge in [-0.2, -0.15) is 0 Å². The van der Waals surface area contributed by atoms with E-state index in [4.69, 9.17) is 5.73 Å². The molecule has 1 amide bonds. The predicted molar refractivity (Wildman–Crippen MR) is 47.7 cm³/mol. The second-order valence-corrected chi connectivity index (χ2v) is 3.09. The highest BCUT2D eigenvalue weighted by Crippen LogP contribution is 1.98. The second kappa shape index (κ2) is 4.42. The smallest absolute Gasteiger partial charge is 0.239 e. The van der Waals surface area contributed by atoms with E-state index >= 15 is 0 Å². The molecule has 1 fully saturated rings. The molecule has 0 bridgehead atoms. The van der Waals surface area contributed by atoms with Crippen molar-refractivity contribution in [2.75, 3.05) is 26.2 Å². The van der Waals surface area contributed by atoms with Crippen LogP contribution in [-0.4, -0.2) is 43.0 Å². The molecule has 1 aliphatic heterocycles. The van der Waals surface area contributed by atoms with Crippen LogP contribution in [0.4, 0.5) is 0 Å². The number of nitrogens with zero attached hydrogens (tertiary/aromatic N) is 1. The summed E-state index contributed by atoms with van der Waals surface area (Å²) in [6.07, 6.45) is 0.725. The van der Waals surface area contributed by atoms with Gasteiger partial charge in [0.1, 0.15) is 0 Å². The van der Waals surface area contributed by atoms with E-state index in [1.807, 2.05) is 11.8 Å². The maximum absolute atomic E-state index is 11.5. The molecule has 4 nitrogen and oxygen atoms in total. The third-order valence-corrected chi connectivity index (χ3v) is 2.19. The van der Waals surface area contributed by atoms with Crippen molar-refractivity contribution in [3.63, 3.8) is 0 Å². The number of carbonyl (C=O) groups is 1. The van der Waals surface area contributed by atoms with Gasteiger partial charge < -0.3 is 16.0 Å². The molecule has 0 aliphatic carbocycles. The second-order valence-electron chi connectivity index (χ2n) is 3.09. The van der Waals surface area contributed by atoms with E-state index in [-0.39, 0.29) is 11.9 Å². The van der Waals surface area contributed by atoms with Crippen LogP contribution >= 0.6 is 0 Å². The highest BCUT2D eigenvalue weighted by Gasteiger charge is 2.20. The number of piperazine rings is 1. The lowest BCUT2D eigenvalue weighted by Gasteiger charge is -2.29. The van der Waals surface area contributed by atoms with Crippen LogP contribution in [0.2, 0.25) is 0 Å². The highest BCUT2D eigenvalue weighted by atomic mass is 16.2. The number of amides is 1. The van der Waals surface area contributed by atoms with Crippen LogP contribution in [0, 0.1) is 0 Å². The first-order valence-electron chi connectivity index (χ1n) is 4.50. The number of carbonyl (C=O) groups excluding carboxylic acids is 1. The number of rotatable bonds is 2. The van der Waals surface area contributed by atoms with Crippen LogP contribution in [0.25, 0.3) is 0 Å². The van der Waals surface area contributed by atoms with Crippen molar-refractivity contribution in [3.05, 3.63) is 0 Å². The largest absolute Gasteiger partial charge is 0.339 e. The fraction of sp³-hybridized carbons (Fsp3) is 0.875. The minimum Gasteiger partial charge on any atom is -0.339 e. The van der Waals surface area contributed by atoms with E-state index in [0.29, 0.717) is 0 Å². The van der Waals surface area contributed by atoms with Gasteiger partial charge in [0.25, 0.3) is 0 Å². The molecule has 70 valence electrons. The molecule has 0 aromatic heterocycles. The van der Waals surface area contributed by atoms with E-state index in [0.717, 1.165) is 32.6 Å². The molecular weight excluding hydrogens is 154 g/mol. The van der Waals surface area contributed by atoms with Gasteiger partial charge in [0.2, 0.25) is 5.91 Å². The van der Waals surface area contributed by atoms with Crippen LogP contribution in [-0.2, 0) is 4.79 Å². The minimum absolute atomic E-state index is 0.0963. The fourth-order valence-electron chi connectivity index (χ4n) is 1.29. The standard InChI is InChI=1S/C8H17N3O/c1-2-7(9)8(12)11-5-3-10-4-6-11/h7,10H,2-6,9H2,1H3/t7-/m0/s1. The molecule has 0 radical (unpaired) electrons. The summed E-state index contributed by atoms with van der Waals surface area (Å²) in [7, 11) is 0. The van der Waals surface area contributed by atoms with Gasteiger partial charge in [0.15, 0.2) is 0 Å². The van der Waals surface area contributed by atoms with Crippen molar-refractivity contribution >= 4 is 5.91 Å². The number of hydrogen-bond donors (Lipinski definition) is 2. The molecule has 1 aliphatic rings. The maximum Gasteiger partial charge on any atom is 0.239 e. The van der Waals surface area contributed by atoms with Crippen molar-refractivity contribution in [3.8, 4) is 0 Å². The van der Waals surface area contributed by atoms with Crippen molar-refractivity contribution in [1.29, 1.82) is 0 Å². The molecule has 0 aromatic rings. The zero-order valence-corrected chi connectivity index (χ0v) is 7.55. The molecule has 0 spiro atoms. The SMILES string of the molecule is CC[C@H](N)C(=O)N1CCNCC1. The van der Waals surface area contributed by atoms with Gasteiger partial charge in [-0.25, -0.2) is 0 Å². The Hall–Kier alpha value is -0.610. The summed E-state index contributed by atoms with van der Waals surface area (Å²) in [4.78, 5) is 13.3. The Morgan fingerprint density at radius 3 is 2.67 bits per heavy atom. The zero-order chi connectivity index (χ0) is 8.97. The maximum atomic E-state index is 11.5. The Balaban J connectivity index is 2.39. The predicted octanol–water partition coefficient (Wildman–Crippen LogP) is -0.844. The first-order chi connectivity index (χ1) is 5.75. The zero-order valence-electron chi connectivity index (χ0n) is 7.55. The molecule has 0 unspecified atom stereocenters. The van der Waals surface area contributed by atoms with Gasteiger partial charge in [-0.15, -0.1) is 0 Å². The third-order valence-electron chi connectivity index (χ3n) is 2.19. The molecular formula is C8H17N3O. The van der Waals surface area contributed by atoms with Gasteiger partial charge in [0.05, 0.1) is 6.04 Å². The van der Waals surface area contributed by atoms with E-state index in [2.05, 4.69) is 5.32 Å². The Morgan fingerprint density at radius 1 is 1.58 bits per heavy atom. The van der Waals surface area contributed by atoms with Crippen LogP contribution in [0.1, 0.15) is 13.3 Å². The molecule has 0 aromatic carbocycles. The summed E-state index contributed by atoms with van der Waals surface area (Å²) >= 11 is 0. The average Bonchev–Trinajstić information content (AvgIpc) is 2.17. The van der Waals surface area contributed by atoms with Crippen molar-refractivity contribution < 1.29 is 4.79 Å². The normalized spacial score (nSPS) is 20.7. The molecule has 3 N–H and O–H groups in total. The lowest BCUT2D eigenvalue weighted by Crippen LogP contribution is -2.51. The summed E-state index contributed by atoms with van der Waals surface area (Å²) < 4.78 is 0. The highest BCUT2D eigenvalue weighted by molar-refractivity contribution is 5.81. The van der Waals surface area contributed by atoms with Crippen molar-refractivity contribution in [2.45, 2.75) is 19.4 Å². The summed E-state index contributed by atoms with van der Waals surface area (Å²) in [6.45, 7) is 5.31. The minimum atomic E-state index is -0.303. The van der Waals surface area contributed by atoms with Crippen LogP contribution in [0.3, 0.4) is 0 Å². The van der Waals surface area contributed by atoms with Gasteiger partial charge >= 0.3 is 0 Å². The summed E-state index contributed by atoms with van der Waals surface area (Å²) in [5.74, 6) is 0.0963. The number of nitrogens with two attached hydrogens (primary N) is 1. The lowest BCUT2D eigenvalue weighted by molar-refractivity contribution is -0.133. The number of nitrogens with one attached hydrogen (secondary N) is 1. The Bertz CT molecular complexity index is 154. The molecule has 12 heavy (non-hydrogen) atoms. The summed E-state index contributed by atoms with van der Waals surface area (Å²) in [5.41, 5.74) is 5.64. The topological polar surface area (TPSA) is 58.4 Å². The van der Waals surface area contributed by atoms with Gasteiger partial charge in [0, 0.05) is 26.2 Å². The monoisotopic (exact) mass is 171 g/mol. The van der Waals surface area contributed by atoms with Gasteiger partial charge in [-0.05, 0) is 6.42 Å². The van der Waals surface area contributed by atoms with E-state index in [1.54, 1.807) is 0 Å². The summed E-state index contributed by atoms with van der Waals surface area (Å²) in [6, 6.07) is -0.303. The Kier molecular flexibility index (Phi) is 3.49. The van der Waals surface area contributed by atoms with E-state index < -0.39 is 0 Å². The number of hydrogen-bond acceptors (Lipinski definition) is 3. The van der Waals surface area contributed by atoms with E-state index in [9.17, 15) is 4.79 Å². The lowest BCUT2D eigenvalue weighted by atomic mass is 10.2. The molecule has 0 saturated carbocycles. The van der Waals surface area contributed by atoms with Gasteiger partial charge in [-0.1, -0.05) is 6.92 Å². The molecule has 4 heteroatoms. The first-order valence-corrected chi connectivity index (χ1v) is 4.50. The van der Waals surface area contributed by atoms with Crippen LogP contribution < -0.4 is 11.1 Å². The van der Waals surface area contributed by atoms with Crippen LogP contribution in [0.15, 0.2) is 0 Å². The third kappa shape index (κ3) is 2.19. The molecule has 1 atom stereocenters. The summed E-state index contributed by atoms with van der Waals surface area (Å²) in [5, 5.41) is 3.19. The van der Waals surface area contributed by atoms with Crippen LogP contribution in [0.5, 0.6) is 0 Å². The Labute approximate surface area is 73.1 Å². The Morgan fingerprint density at radius 2 is 2.17 bits per heavy atom. The first kappa shape index (κ1) is 9.48.